The second-order valence-corrected chi connectivity index (χ2v) is 3.10. The van der Waals surface area contributed by atoms with Gasteiger partial charge in [-0.25, -0.2) is 0 Å². The highest BCUT2D eigenvalue weighted by Crippen LogP contribution is 2.05. The lowest BCUT2D eigenvalue weighted by molar-refractivity contribution is 0.959. The molecule has 0 atom stereocenters. The van der Waals surface area contributed by atoms with Crippen molar-refractivity contribution in [1.29, 1.82) is 0 Å². The van der Waals surface area contributed by atoms with Gasteiger partial charge in [0.15, 0.2) is 0 Å². The number of hydrogen-bond donors (Lipinski definition) is 0. The molecule has 0 radical (unpaired) electrons. The minimum atomic E-state index is 0.519. The van der Waals surface area contributed by atoms with E-state index in [1.54, 1.807) is 0 Å². The van der Waals surface area contributed by atoms with E-state index in [0.717, 1.165) is 0 Å². The molecule has 0 unspecified atom stereocenters. The van der Waals surface area contributed by atoms with Gasteiger partial charge >= 0.3 is 0 Å². The Kier molecular flexibility index (Phi) is 1.36. The predicted octanol–water partition coefficient (Wildman–Crippen LogP) is 0.350. The summed E-state index contributed by atoms with van der Waals surface area (Å²) in [6.45, 7) is 0. The van der Waals surface area contributed by atoms with Gasteiger partial charge in [-0.2, -0.15) is 10.2 Å². The van der Waals surface area contributed by atoms with Gasteiger partial charge < -0.3 is 36.6 Å². The zero-order chi connectivity index (χ0) is 5.28. The summed E-state index contributed by atoms with van der Waals surface area (Å²) in [6.07, 6.45) is 0. The van der Waals surface area contributed by atoms with Crippen molar-refractivity contribution in [1.82, 2.24) is 10.2 Å². The van der Waals surface area contributed by atoms with Crippen molar-refractivity contribution >= 4 is 36.6 Å². The molecule has 38 valence electrons. The van der Waals surface area contributed by atoms with Gasteiger partial charge in [-0.15, -0.1) is 0 Å². The van der Waals surface area contributed by atoms with E-state index in [2.05, 4.69) is 35.5 Å². The zero-order valence-corrected chi connectivity index (χ0v) is 5.57. The van der Waals surface area contributed by atoms with E-state index in [9.17, 15) is 0 Å². The molecule has 0 saturated carbocycles. The Hall–Kier alpha value is -0.0000000000000000555. The van der Waals surface area contributed by atoms with Crippen molar-refractivity contribution in [2.75, 3.05) is 0 Å². The molecule has 5 heteroatoms. The van der Waals surface area contributed by atoms with Crippen LogP contribution in [0, 0.1) is 0 Å². The topological polar surface area (TPSA) is 25.8 Å². The fourth-order valence-corrected chi connectivity index (χ4v) is 1.22. The van der Waals surface area contributed by atoms with E-state index in [1.165, 1.54) is 11.3 Å². The summed E-state index contributed by atoms with van der Waals surface area (Å²) < 4.78 is 1.04. The Balaban J connectivity index is 3.04. The number of nitrogens with zero attached hydrogens (tertiary/aromatic N) is 2. The maximum Gasteiger partial charge on any atom is -0.00287 e. The Labute approximate surface area is 55.8 Å². The average Bonchev–Trinajstić information content (AvgIpc) is 1.87. The Morgan fingerprint density at radius 3 is 1.71 bits per heavy atom. The van der Waals surface area contributed by atoms with E-state index < -0.39 is 0 Å². The fraction of sp³-hybridized carbons (Fsp3) is 0. The Morgan fingerprint density at radius 1 is 1.14 bits per heavy atom. The second kappa shape index (κ2) is 1.85. The van der Waals surface area contributed by atoms with Crippen LogP contribution in [-0.4, -0.2) is 10.2 Å². The quantitative estimate of drug-likeness (QED) is 0.496. The van der Waals surface area contributed by atoms with E-state index in [1.807, 2.05) is 0 Å². The van der Waals surface area contributed by atoms with Crippen LogP contribution in [-0.2, 0) is 25.3 Å². The van der Waals surface area contributed by atoms with Gasteiger partial charge in [0, 0.05) is 0 Å². The van der Waals surface area contributed by atoms with Crippen LogP contribution in [0.5, 0.6) is 0 Å². The third-order valence-corrected chi connectivity index (χ3v) is 1.56. The van der Waals surface area contributed by atoms with Crippen LogP contribution in [0.1, 0.15) is 0 Å². The predicted molar refractivity (Wildman–Crippen MR) is 31.2 cm³/mol. The smallest absolute Gasteiger partial charge is 0.00287 e. The van der Waals surface area contributed by atoms with E-state index in [0.29, 0.717) is 8.68 Å². The first-order valence-corrected chi connectivity index (χ1v) is 3.10. The molecule has 1 aromatic heterocycles. The molecule has 0 amide bonds. The minimum Gasteiger partial charge on any atom is -0.406 e. The van der Waals surface area contributed by atoms with Gasteiger partial charge in [-0.3, -0.25) is 0 Å². The highest BCUT2D eigenvalue weighted by atomic mass is 32.2. The zero-order valence-electron chi connectivity index (χ0n) is 3.12. The second-order valence-electron chi connectivity index (χ2n) is 0.834. The first-order chi connectivity index (χ1) is 3.29. The van der Waals surface area contributed by atoms with Gasteiger partial charge in [0.05, 0.1) is 0 Å². The van der Waals surface area contributed by atoms with Gasteiger partial charge in [0.25, 0.3) is 0 Å². The number of rotatable bonds is 0. The first-order valence-electron chi connectivity index (χ1n) is 1.46. The molecule has 1 rings (SSSR count). The molecule has 0 aliphatic heterocycles. The summed E-state index contributed by atoms with van der Waals surface area (Å²) in [6, 6.07) is 0. The molecule has 0 saturated heterocycles. The summed E-state index contributed by atoms with van der Waals surface area (Å²) in [4.78, 5) is 0. The molecule has 0 fully saturated rings. The van der Waals surface area contributed by atoms with Crippen LogP contribution < -0.4 is 0 Å². The third kappa shape index (κ3) is 1.19. The first kappa shape index (κ1) is 5.14. The van der Waals surface area contributed by atoms with E-state index >= 15 is 0 Å². The maximum absolute atomic E-state index is 4.61. The molecule has 0 aliphatic carbocycles. The molecule has 0 aromatic carbocycles. The van der Waals surface area contributed by atoms with Gasteiger partial charge in [-0.05, 0) is 8.68 Å². The lowest BCUT2D eigenvalue weighted by Crippen LogP contribution is -1.67. The van der Waals surface area contributed by atoms with E-state index in [-0.39, 0.29) is 0 Å². The summed E-state index contributed by atoms with van der Waals surface area (Å²) in [5, 5.41) is 6.99. The molecular weight excluding hydrogens is 148 g/mol. The van der Waals surface area contributed by atoms with Crippen molar-refractivity contribution in [3.8, 4) is 0 Å². The average molecular weight is 148 g/mol. The van der Waals surface area contributed by atoms with E-state index in [4.69, 9.17) is 0 Å². The molecular formula is C2N2S3-2. The highest BCUT2D eigenvalue weighted by Gasteiger charge is 1.73. The summed E-state index contributed by atoms with van der Waals surface area (Å²) in [7, 11) is 0. The van der Waals surface area contributed by atoms with Gasteiger partial charge in [0.2, 0.25) is 0 Å². The lowest BCUT2D eigenvalue weighted by Gasteiger charge is -1.85. The monoisotopic (exact) mass is 148 g/mol. The lowest BCUT2D eigenvalue weighted by atomic mass is 11.6. The van der Waals surface area contributed by atoms with Crippen molar-refractivity contribution in [2.45, 2.75) is 8.68 Å². The van der Waals surface area contributed by atoms with Crippen molar-refractivity contribution in [3.05, 3.63) is 0 Å². The molecule has 0 spiro atoms. The molecule has 1 aromatic rings. The molecule has 7 heavy (non-hydrogen) atoms. The van der Waals surface area contributed by atoms with Crippen molar-refractivity contribution in [3.63, 3.8) is 0 Å². The standard InChI is InChI=1S/C2H2N2S3/c5-1-3-4-2(6)7-1/h(H,3,5)(H,4,6)/p-2. The van der Waals surface area contributed by atoms with Crippen LogP contribution in [0.3, 0.4) is 0 Å². The van der Waals surface area contributed by atoms with Crippen LogP contribution in [0.4, 0.5) is 0 Å². The highest BCUT2D eigenvalue weighted by molar-refractivity contribution is 7.66. The van der Waals surface area contributed by atoms with Gasteiger partial charge in [0.1, 0.15) is 0 Å². The molecule has 0 aliphatic rings. The Bertz CT molecular complexity index is 143. The van der Waals surface area contributed by atoms with Crippen LogP contribution in [0.2, 0.25) is 0 Å². The summed E-state index contributed by atoms with van der Waals surface area (Å²) >= 11 is 10.5. The van der Waals surface area contributed by atoms with Gasteiger partial charge in [-0.1, -0.05) is 0 Å². The van der Waals surface area contributed by atoms with Crippen LogP contribution >= 0.6 is 11.3 Å². The SMILES string of the molecule is [S-]c1nnc([S-])s1. The molecule has 0 N–H and O–H groups in total. The minimum absolute atomic E-state index is 0.519. The third-order valence-electron chi connectivity index (χ3n) is 0.388. The molecule has 1 heterocycles. The maximum atomic E-state index is 4.61. The number of hydrogen-bond acceptors (Lipinski definition) is 5. The Morgan fingerprint density at radius 2 is 1.57 bits per heavy atom. The normalized spacial score (nSPS) is 9.14. The molecule has 2 nitrogen and oxygen atoms in total. The molecule has 0 bridgehead atoms. The van der Waals surface area contributed by atoms with Crippen LogP contribution in [0.15, 0.2) is 8.68 Å². The van der Waals surface area contributed by atoms with Crippen molar-refractivity contribution < 1.29 is 0 Å². The number of aromatic nitrogens is 2. The van der Waals surface area contributed by atoms with Crippen LogP contribution in [0.25, 0.3) is 0 Å². The largest absolute Gasteiger partial charge is 0.406 e. The summed E-state index contributed by atoms with van der Waals surface area (Å²) in [5.74, 6) is 0. The summed E-state index contributed by atoms with van der Waals surface area (Å²) in [5.41, 5.74) is 0. The van der Waals surface area contributed by atoms with Crippen molar-refractivity contribution in [2.24, 2.45) is 0 Å². The fourth-order valence-electron chi connectivity index (χ4n) is 0.197.